The number of fused-ring (bicyclic) bond motifs is 1. The minimum Gasteiger partial charge on any atom is -0.277 e. The highest BCUT2D eigenvalue weighted by Crippen LogP contribution is 2.34. The van der Waals surface area contributed by atoms with Crippen molar-refractivity contribution in [2.45, 2.75) is 39.0 Å². The zero-order chi connectivity index (χ0) is 14.3. The predicted octanol–water partition coefficient (Wildman–Crippen LogP) is 1.63. The number of nitrogens with zero attached hydrogens (tertiary/aromatic N) is 2. The van der Waals surface area contributed by atoms with E-state index in [0.717, 1.165) is 34.7 Å². The van der Waals surface area contributed by atoms with Gasteiger partial charge < -0.3 is 0 Å². The number of urea groups is 1. The molecule has 3 rings (SSSR count). The molecule has 0 saturated carbocycles. The number of rotatable bonds is 3. The molecular weight excluding hydrogens is 278 g/mol. The summed E-state index contributed by atoms with van der Waals surface area (Å²) in [5, 5.41) is 2.65. The van der Waals surface area contributed by atoms with Crippen molar-refractivity contribution in [1.82, 2.24) is 10.3 Å². The Morgan fingerprint density at radius 1 is 1.35 bits per heavy atom. The largest absolute Gasteiger partial charge is 0.337 e. The summed E-state index contributed by atoms with van der Waals surface area (Å²) in [6.07, 6.45) is 4.08. The van der Waals surface area contributed by atoms with E-state index >= 15 is 0 Å². The van der Waals surface area contributed by atoms with Gasteiger partial charge in [0.1, 0.15) is 5.92 Å². The van der Waals surface area contributed by atoms with Crippen molar-refractivity contribution in [3.63, 3.8) is 0 Å². The van der Waals surface area contributed by atoms with E-state index < -0.39 is 23.8 Å². The van der Waals surface area contributed by atoms with E-state index in [1.165, 1.54) is 11.3 Å². The Kier molecular flexibility index (Phi) is 3.29. The number of carbonyl (C=O) groups excluding carboxylic acids is 3. The molecule has 1 fully saturated rings. The molecule has 0 aromatic carbocycles. The molecule has 1 aromatic heterocycles. The van der Waals surface area contributed by atoms with Gasteiger partial charge in [0.05, 0.1) is 5.69 Å². The molecular formula is C13H15N3O3S. The van der Waals surface area contributed by atoms with Crippen LogP contribution in [0.15, 0.2) is 0 Å². The molecule has 0 bridgehead atoms. The zero-order valence-corrected chi connectivity index (χ0v) is 12.0. The number of aryl methyl sites for hydroxylation is 2. The lowest BCUT2D eigenvalue weighted by Crippen LogP contribution is -2.58. The average molecular weight is 293 g/mol. The molecule has 6 nitrogen and oxygen atoms in total. The van der Waals surface area contributed by atoms with Gasteiger partial charge in [-0.25, -0.2) is 14.7 Å². The van der Waals surface area contributed by atoms with Gasteiger partial charge in [0.25, 0.3) is 0 Å². The van der Waals surface area contributed by atoms with E-state index in [-0.39, 0.29) is 0 Å². The summed E-state index contributed by atoms with van der Waals surface area (Å²) in [5.41, 5.74) is 0.981. The summed E-state index contributed by atoms with van der Waals surface area (Å²) < 4.78 is 0. The van der Waals surface area contributed by atoms with Gasteiger partial charge >= 0.3 is 6.03 Å². The van der Waals surface area contributed by atoms with Gasteiger partial charge in [-0.05, 0) is 25.7 Å². The van der Waals surface area contributed by atoms with E-state index in [1.54, 1.807) is 0 Å². The Labute approximate surface area is 120 Å². The Hall–Kier alpha value is -1.76. The summed E-state index contributed by atoms with van der Waals surface area (Å²) in [7, 11) is 0. The quantitative estimate of drug-likeness (QED) is 0.859. The van der Waals surface area contributed by atoms with Crippen molar-refractivity contribution < 1.29 is 14.4 Å². The van der Waals surface area contributed by atoms with E-state index in [1.807, 2.05) is 6.92 Å². The number of aromatic nitrogens is 1. The molecule has 0 radical (unpaired) electrons. The summed E-state index contributed by atoms with van der Waals surface area (Å²) in [4.78, 5) is 42.6. The minimum absolute atomic E-state index is 0.394. The van der Waals surface area contributed by atoms with Gasteiger partial charge in [0.15, 0.2) is 0 Å². The number of hydrogen-bond acceptors (Lipinski definition) is 5. The molecule has 106 valence electrons. The lowest BCUT2D eigenvalue weighted by Gasteiger charge is -2.28. The van der Waals surface area contributed by atoms with E-state index in [4.69, 9.17) is 0 Å². The van der Waals surface area contributed by atoms with Crippen molar-refractivity contribution in [2.24, 2.45) is 5.92 Å². The second-order valence-electron chi connectivity index (χ2n) is 5.03. The molecule has 20 heavy (non-hydrogen) atoms. The van der Waals surface area contributed by atoms with Crippen LogP contribution in [-0.2, 0) is 22.4 Å². The molecule has 1 atom stereocenters. The minimum atomic E-state index is -0.781. The van der Waals surface area contributed by atoms with Gasteiger partial charge in [0, 0.05) is 4.88 Å². The standard InChI is InChI=1S/C13H15N3O3S/c1-2-4-7-10(17)15-12(19)16(11(7)18)13-14-8-5-3-6-9(8)20-13/h7H,2-6H2,1H3,(H,15,17,19). The molecule has 0 spiro atoms. The highest BCUT2D eigenvalue weighted by molar-refractivity contribution is 7.16. The number of carbonyl (C=O) groups is 3. The summed E-state index contributed by atoms with van der Waals surface area (Å²) in [5.74, 6) is -1.73. The molecule has 1 aliphatic heterocycles. The van der Waals surface area contributed by atoms with Gasteiger partial charge in [-0.2, -0.15) is 0 Å². The second-order valence-corrected chi connectivity index (χ2v) is 6.09. The Morgan fingerprint density at radius 3 is 2.85 bits per heavy atom. The molecule has 7 heteroatoms. The molecule has 2 aliphatic rings. The van der Waals surface area contributed by atoms with Crippen molar-refractivity contribution in [2.75, 3.05) is 4.90 Å². The molecule has 2 heterocycles. The first-order valence-electron chi connectivity index (χ1n) is 6.79. The van der Waals surface area contributed by atoms with Crippen LogP contribution in [0.4, 0.5) is 9.93 Å². The smallest absolute Gasteiger partial charge is 0.277 e. The highest BCUT2D eigenvalue weighted by Gasteiger charge is 2.42. The van der Waals surface area contributed by atoms with Crippen LogP contribution >= 0.6 is 11.3 Å². The van der Waals surface area contributed by atoms with Crippen LogP contribution in [0.3, 0.4) is 0 Å². The number of thiazole rings is 1. The first-order valence-corrected chi connectivity index (χ1v) is 7.60. The fourth-order valence-corrected chi connectivity index (χ4v) is 3.77. The Balaban J connectivity index is 1.92. The first-order chi connectivity index (χ1) is 9.61. The maximum Gasteiger partial charge on any atom is 0.337 e. The summed E-state index contributed by atoms with van der Waals surface area (Å²) in [6, 6.07) is -0.681. The molecule has 1 aliphatic carbocycles. The van der Waals surface area contributed by atoms with Crippen LogP contribution < -0.4 is 10.2 Å². The predicted molar refractivity (Wildman–Crippen MR) is 73.6 cm³/mol. The molecule has 1 saturated heterocycles. The number of imide groups is 2. The second kappa shape index (κ2) is 4.97. The van der Waals surface area contributed by atoms with Crippen molar-refractivity contribution in [3.05, 3.63) is 10.6 Å². The van der Waals surface area contributed by atoms with Crippen molar-refractivity contribution >= 4 is 34.3 Å². The van der Waals surface area contributed by atoms with Crippen LogP contribution in [0.25, 0.3) is 0 Å². The van der Waals surface area contributed by atoms with Crippen LogP contribution in [0.2, 0.25) is 0 Å². The molecule has 1 unspecified atom stereocenters. The fourth-order valence-electron chi connectivity index (χ4n) is 2.61. The Bertz CT molecular complexity index is 574. The summed E-state index contributed by atoms with van der Waals surface area (Å²) in [6.45, 7) is 1.90. The number of nitrogens with one attached hydrogen (secondary N) is 1. The third-order valence-electron chi connectivity index (χ3n) is 3.62. The van der Waals surface area contributed by atoms with Gasteiger partial charge in [-0.15, -0.1) is 11.3 Å². The monoisotopic (exact) mass is 293 g/mol. The van der Waals surface area contributed by atoms with Gasteiger partial charge in [-0.1, -0.05) is 13.3 Å². The fraction of sp³-hybridized carbons (Fsp3) is 0.538. The van der Waals surface area contributed by atoms with E-state index in [0.29, 0.717) is 18.0 Å². The number of amides is 4. The molecule has 1 N–H and O–H groups in total. The maximum absolute atomic E-state index is 12.4. The van der Waals surface area contributed by atoms with Crippen LogP contribution in [-0.4, -0.2) is 22.8 Å². The maximum atomic E-state index is 12.4. The molecule has 4 amide bonds. The first kappa shape index (κ1) is 13.2. The zero-order valence-electron chi connectivity index (χ0n) is 11.1. The van der Waals surface area contributed by atoms with Gasteiger partial charge in [0.2, 0.25) is 16.9 Å². The third-order valence-corrected chi connectivity index (χ3v) is 4.76. The number of anilines is 1. The van der Waals surface area contributed by atoms with E-state index in [9.17, 15) is 14.4 Å². The number of hydrogen-bond donors (Lipinski definition) is 1. The van der Waals surface area contributed by atoms with Crippen molar-refractivity contribution in [1.29, 1.82) is 0 Å². The SMILES string of the molecule is CCCC1C(=O)NC(=O)N(c2nc3c(s2)CCC3)C1=O. The Morgan fingerprint density at radius 2 is 2.15 bits per heavy atom. The third kappa shape index (κ3) is 2.02. The normalized spacial score (nSPS) is 22.1. The van der Waals surface area contributed by atoms with E-state index in [2.05, 4.69) is 10.3 Å². The lowest BCUT2D eigenvalue weighted by atomic mass is 10.00. The average Bonchev–Trinajstić information content (AvgIpc) is 2.95. The molecule has 1 aromatic rings. The summed E-state index contributed by atoms with van der Waals surface area (Å²) >= 11 is 1.38. The highest BCUT2D eigenvalue weighted by atomic mass is 32.1. The van der Waals surface area contributed by atoms with Crippen LogP contribution in [0, 0.1) is 5.92 Å². The van der Waals surface area contributed by atoms with Crippen LogP contribution in [0.1, 0.15) is 36.8 Å². The topological polar surface area (TPSA) is 79.4 Å². The lowest BCUT2D eigenvalue weighted by molar-refractivity contribution is -0.134. The van der Waals surface area contributed by atoms with Gasteiger partial charge in [-0.3, -0.25) is 14.9 Å². The van der Waals surface area contributed by atoms with Crippen molar-refractivity contribution in [3.8, 4) is 0 Å². The number of barbiturate groups is 1. The van der Waals surface area contributed by atoms with Crippen LogP contribution in [0.5, 0.6) is 0 Å².